The number of hydrogen-bond acceptors (Lipinski definition) is 3. The summed E-state index contributed by atoms with van der Waals surface area (Å²) in [5.41, 5.74) is 0.175. The number of hydrogen-bond donors (Lipinski definition) is 0. The van der Waals surface area contributed by atoms with Crippen molar-refractivity contribution in [3.8, 4) is 0 Å². The first kappa shape index (κ1) is 19.0. The molecule has 4 rings (SSSR count). The van der Waals surface area contributed by atoms with Crippen molar-refractivity contribution in [1.29, 1.82) is 0 Å². The standard InChI is InChI=1S/C24H34O3/c1-13-10-17-11-14(2)18-9-8-15(3)23(12-13)21(26)19(27-22(5,6)7)16(4)20(25)24(17,18)23/h10,14-15,17-18H,8-9,11-12H2,1-7H3/t14-,15+,17+,18+,23+,24-/m0/s1. The summed E-state index contributed by atoms with van der Waals surface area (Å²) in [6.45, 7) is 14.3. The summed E-state index contributed by atoms with van der Waals surface area (Å²) in [5.74, 6) is 1.85. The molecule has 0 amide bonds. The van der Waals surface area contributed by atoms with E-state index in [1.807, 2.05) is 27.7 Å². The Bertz CT molecular complexity index is 780. The second kappa shape index (κ2) is 5.58. The molecule has 6 atom stereocenters. The highest BCUT2D eigenvalue weighted by Gasteiger charge is 2.76. The smallest absolute Gasteiger partial charge is 0.205 e. The Morgan fingerprint density at radius 1 is 1.07 bits per heavy atom. The van der Waals surface area contributed by atoms with Gasteiger partial charge in [0, 0.05) is 5.57 Å². The maximum absolute atomic E-state index is 14.2. The minimum atomic E-state index is -0.624. The van der Waals surface area contributed by atoms with Crippen molar-refractivity contribution in [2.24, 2.45) is 34.5 Å². The topological polar surface area (TPSA) is 43.4 Å². The normalized spacial score (nSPS) is 44.0. The van der Waals surface area contributed by atoms with Gasteiger partial charge in [0.05, 0.1) is 10.8 Å². The van der Waals surface area contributed by atoms with E-state index in [2.05, 4.69) is 26.8 Å². The zero-order chi connectivity index (χ0) is 19.9. The molecule has 0 heterocycles. The minimum absolute atomic E-state index is 0.110. The lowest BCUT2D eigenvalue weighted by molar-refractivity contribution is -0.176. The average molecular weight is 371 g/mol. The largest absolute Gasteiger partial charge is 0.484 e. The Balaban J connectivity index is 2.02. The highest BCUT2D eigenvalue weighted by Crippen LogP contribution is 2.74. The van der Waals surface area contributed by atoms with Crippen LogP contribution in [0.25, 0.3) is 0 Å². The summed E-state index contributed by atoms with van der Waals surface area (Å²) in [5, 5.41) is 0. The molecule has 0 bridgehead atoms. The molecule has 0 saturated heterocycles. The van der Waals surface area contributed by atoms with Gasteiger partial charge in [-0.25, -0.2) is 0 Å². The maximum atomic E-state index is 14.2. The Hall–Kier alpha value is -1.38. The van der Waals surface area contributed by atoms with Gasteiger partial charge in [-0.2, -0.15) is 0 Å². The van der Waals surface area contributed by atoms with Crippen LogP contribution in [0.2, 0.25) is 0 Å². The fourth-order valence-electron chi connectivity index (χ4n) is 7.34. The van der Waals surface area contributed by atoms with Crippen LogP contribution >= 0.6 is 0 Å². The number of allylic oxidation sites excluding steroid dienone is 4. The van der Waals surface area contributed by atoms with Crippen molar-refractivity contribution < 1.29 is 14.3 Å². The van der Waals surface area contributed by atoms with Crippen LogP contribution in [0.5, 0.6) is 0 Å². The molecule has 1 spiro atoms. The molecule has 0 N–H and O–H groups in total. The van der Waals surface area contributed by atoms with Crippen molar-refractivity contribution in [3.05, 3.63) is 23.0 Å². The Kier molecular flexibility index (Phi) is 3.92. The van der Waals surface area contributed by atoms with Crippen molar-refractivity contribution in [2.45, 2.75) is 79.8 Å². The minimum Gasteiger partial charge on any atom is -0.484 e. The quantitative estimate of drug-likeness (QED) is 0.592. The van der Waals surface area contributed by atoms with E-state index in [4.69, 9.17) is 4.74 Å². The Morgan fingerprint density at radius 3 is 2.37 bits per heavy atom. The molecule has 4 aliphatic carbocycles. The van der Waals surface area contributed by atoms with Gasteiger partial charge in [-0.15, -0.1) is 0 Å². The van der Waals surface area contributed by atoms with Gasteiger partial charge < -0.3 is 4.74 Å². The molecule has 0 aromatic carbocycles. The van der Waals surface area contributed by atoms with Gasteiger partial charge in [-0.1, -0.05) is 25.5 Å². The lowest BCUT2D eigenvalue weighted by Crippen LogP contribution is -2.67. The fourth-order valence-corrected chi connectivity index (χ4v) is 7.34. The Labute approximate surface area is 163 Å². The van der Waals surface area contributed by atoms with Crippen molar-refractivity contribution in [1.82, 2.24) is 0 Å². The van der Waals surface area contributed by atoms with Crippen molar-refractivity contribution >= 4 is 11.6 Å². The molecule has 2 fully saturated rings. The van der Waals surface area contributed by atoms with Gasteiger partial charge >= 0.3 is 0 Å². The van der Waals surface area contributed by atoms with Crippen LogP contribution in [0.3, 0.4) is 0 Å². The van der Waals surface area contributed by atoms with E-state index in [9.17, 15) is 9.59 Å². The van der Waals surface area contributed by atoms with Crippen LogP contribution < -0.4 is 0 Å². The SMILES string of the molecule is CC1=C[C@@H]2C[C@H](C)[C@H]3CC[C@@H](C)[C@]4(C1)C(=O)C(OC(C)(C)C)=C(C)C(=O)[C@]234. The number of Topliss-reactive ketones (excluding diaryl/α,β-unsaturated/α-hetero) is 2. The van der Waals surface area contributed by atoms with E-state index in [1.54, 1.807) is 0 Å². The van der Waals surface area contributed by atoms with Crippen LogP contribution in [0.15, 0.2) is 23.0 Å². The van der Waals surface area contributed by atoms with Gasteiger partial charge in [0.1, 0.15) is 5.60 Å². The first-order chi connectivity index (χ1) is 12.5. The van der Waals surface area contributed by atoms with Gasteiger partial charge in [0.15, 0.2) is 11.5 Å². The summed E-state index contributed by atoms with van der Waals surface area (Å²) in [4.78, 5) is 28.3. The zero-order valence-corrected chi connectivity index (χ0v) is 17.9. The first-order valence-corrected chi connectivity index (χ1v) is 10.6. The predicted molar refractivity (Wildman–Crippen MR) is 106 cm³/mol. The van der Waals surface area contributed by atoms with Gasteiger partial charge in [-0.3, -0.25) is 9.59 Å². The predicted octanol–water partition coefficient (Wildman–Crippen LogP) is 5.25. The van der Waals surface area contributed by atoms with E-state index < -0.39 is 16.4 Å². The summed E-state index contributed by atoms with van der Waals surface area (Å²) in [6, 6.07) is 0. The number of rotatable bonds is 1. The zero-order valence-electron chi connectivity index (χ0n) is 17.9. The molecule has 0 unspecified atom stereocenters. The molecule has 4 aliphatic rings. The van der Waals surface area contributed by atoms with E-state index in [1.165, 1.54) is 5.57 Å². The first-order valence-electron chi connectivity index (χ1n) is 10.6. The van der Waals surface area contributed by atoms with E-state index in [0.717, 1.165) is 19.3 Å². The summed E-state index contributed by atoms with van der Waals surface area (Å²) in [6.07, 6.45) is 6.16. The van der Waals surface area contributed by atoms with Crippen LogP contribution in [0, 0.1) is 34.5 Å². The summed E-state index contributed by atoms with van der Waals surface area (Å²) in [7, 11) is 0. The molecule has 148 valence electrons. The molecule has 0 radical (unpaired) electrons. The summed E-state index contributed by atoms with van der Waals surface area (Å²) >= 11 is 0. The summed E-state index contributed by atoms with van der Waals surface area (Å²) < 4.78 is 6.15. The molecule has 2 saturated carbocycles. The van der Waals surface area contributed by atoms with Crippen LogP contribution in [0.4, 0.5) is 0 Å². The molecular weight excluding hydrogens is 336 g/mol. The monoisotopic (exact) mass is 370 g/mol. The third-order valence-corrected chi connectivity index (χ3v) is 8.09. The van der Waals surface area contributed by atoms with E-state index in [0.29, 0.717) is 29.6 Å². The van der Waals surface area contributed by atoms with Crippen molar-refractivity contribution in [3.63, 3.8) is 0 Å². The molecular formula is C24H34O3. The third kappa shape index (κ3) is 2.15. The molecule has 0 aliphatic heterocycles. The maximum Gasteiger partial charge on any atom is 0.205 e. The van der Waals surface area contributed by atoms with E-state index >= 15 is 0 Å². The van der Waals surface area contributed by atoms with Gasteiger partial charge in [0.2, 0.25) is 5.78 Å². The highest BCUT2D eigenvalue weighted by molar-refractivity contribution is 6.17. The molecule has 3 nitrogen and oxygen atoms in total. The fraction of sp³-hybridized carbons (Fsp3) is 0.750. The number of ketones is 2. The Morgan fingerprint density at radius 2 is 1.74 bits per heavy atom. The molecule has 0 aromatic heterocycles. The lowest BCUT2D eigenvalue weighted by Gasteiger charge is -2.62. The highest BCUT2D eigenvalue weighted by atomic mass is 16.5. The number of carbonyl (C=O) groups excluding carboxylic acids is 2. The van der Waals surface area contributed by atoms with Crippen LogP contribution in [-0.2, 0) is 14.3 Å². The third-order valence-electron chi connectivity index (χ3n) is 8.09. The van der Waals surface area contributed by atoms with Crippen LogP contribution in [0.1, 0.15) is 74.1 Å². The number of ether oxygens (including phenoxy) is 1. The average Bonchev–Trinajstić information content (AvgIpc) is 2.84. The molecule has 27 heavy (non-hydrogen) atoms. The van der Waals surface area contributed by atoms with Crippen molar-refractivity contribution in [2.75, 3.05) is 0 Å². The van der Waals surface area contributed by atoms with Gasteiger partial charge in [-0.05, 0) is 84.0 Å². The second-order valence-corrected chi connectivity index (χ2v) is 10.8. The van der Waals surface area contributed by atoms with Gasteiger partial charge in [0.25, 0.3) is 0 Å². The number of carbonyl (C=O) groups is 2. The van der Waals surface area contributed by atoms with Crippen LogP contribution in [-0.4, -0.2) is 17.2 Å². The lowest BCUT2D eigenvalue weighted by atomic mass is 9.38. The molecule has 0 aromatic rings. The second-order valence-electron chi connectivity index (χ2n) is 10.8. The molecule has 3 heteroatoms. The van der Waals surface area contributed by atoms with E-state index in [-0.39, 0.29) is 23.4 Å².